The second-order valence-electron chi connectivity index (χ2n) is 4.24. The fourth-order valence-electron chi connectivity index (χ4n) is 1.80. The Kier molecular flexibility index (Phi) is 4.10. The molecule has 2 rings (SSSR count). The van der Waals surface area contributed by atoms with Crippen LogP contribution < -0.4 is 10.6 Å². The van der Waals surface area contributed by atoms with Gasteiger partial charge in [0.1, 0.15) is 5.82 Å². The van der Waals surface area contributed by atoms with E-state index in [4.69, 9.17) is 0 Å². The molecule has 2 N–H and O–H groups in total. The molecule has 0 spiro atoms. The quantitative estimate of drug-likeness (QED) is 0.837. The Hall–Kier alpha value is -2.69. The molecule has 0 radical (unpaired) electrons. The van der Waals surface area contributed by atoms with E-state index in [0.717, 1.165) is 0 Å². The first-order chi connectivity index (χ1) is 9.61. The van der Waals surface area contributed by atoms with Crippen LogP contribution in [0.15, 0.2) is 42.6 Å². The number of benzene rings is 1. The van der Waals surface area contributed by atoms with Crippen molar-refractivity contribution in [3.05, 3.63) is 53.7 Å². The third-order valence-corrected chi connectivity index (χ3v) is 2.82. The van der Waals surface area contributed by atoms with Crippen LogP contribution >= 0.6 is 0 Å². The lowest BCUT2D eigenvalue weighted by Gasteiger charge is -2.09. The van der Waals surface area contributed by atoms with Crippen LogP contribution in [0.3, 0.4) is 0 Å². The van der Waals surface area contributed by atoms with Crippen molar-refractivity contribution in [3.8, 4) is 0 Å². The van der Waals surface area contributed by atoms with Crippen molar-refractivity contribution < 1.29 is 9.59 Å². The number of anilines is 2. The minimum Gasteiger partial charge on any atom is -0.372 e. The standard InChI is InChI=1S/C15H15N3O2/c1-10(19)11-5-3-6-12(9-11)18-15(20)13-7-4-8-17-14(13)16-2/h3-9H,1-2H3,(H,16,17)(H,18,20). The molecular weight excluding hydrogens is 254 g/mol. The lowest BCUT2D eigenvalue weighted by Crippen LogP contribution is -2.15. The first kappa shape index (κ1) is 13.7. The van der Waals surface area contributed by atoms with Crippen molar-refractivity contribution >= 4 is 23.2 Å². The Labute approximate surface area is 117 Å². The van der Waals surface area contributed by atoms with Gasteiger partial charge in [0.25, 0.3) is 5.91 Å². The van der Waals surface area contributed by atoms with Crippen molar-refractivity contribution in [2.24, 2.45) is 0 Å². The maximum absolute atomic E-state index is 12.2. The Morgan fingerprint density at radius 3 is 2.65 bits per heavy atom. The molecule has 1 aromatic heterocycles. The molecule has 0 aliphatic rings. The van der Waals surface area contributed by atoms with Gasteiger partial charge in [-0.1, -0.05) is 12.1 Å². The Morgan fingerprint density at radius 2 is 1.95 bits per heavy atom. The SMILES string of the molecule is CNc1ncccc1C(=O)Nc1cccc(C(C)=O)c1. The number of carbonyl (C=O) groups excluding carboxylic acids is 2. The molecule has 102 valence electrons. The normalized spacial score (nSPS) is 9.90. The highest BCUT2D eigenvalue weighted by molar-refractivity contribution is 6.08. The average Bonchev–Trinajstić information content (AvgIpc) is 2.47. The smallest absolute Gasteiger partial charge is 0.259 e. The third-order valence-electron chi connectivity index (χ3n) is 2.82. The van der Waals surface area contributed by atoms with Crippen LogP contribution in [0, 0.1) is 0 Å². The number of ketones is 1. The molecule has 20 heavy (non-hydrogen) atoms. The van der Waals surface area contributed by atoms with Crippen LogP contribution in [-0.2, 0) is 0 Å². The zero-order chi connectivity index (χ0) is 14.5. The average molecular weight is 269 g/mol. The van der Waals surface area contributed by atoms with E-state index in [-0.39, 0.29) is 11.7 Å². The molecule has 1 heterocycles. The number of hydrogen-bond donors (Lipinski definition) is 2. The van der Waals surface area contributed by atoms with Crippen LogP contribution in [0.4, 0.5) is 11.5 Å². The van der Waals surface area contributed by atoms with Gasteiger partial charge < -0.3 is 10.6 Å². The van der Waals surface area contributed by atoms with Gasteiger partial charge in [-0.3, -0.25) is 9.59 Å². The number of amides is 1. The highest BCUT2D eigenvalue weighted by atomic mass is 16.1. The molecule has 5 heteroatoms. The highest BCUT2D eigenvalue weighted by Crippen LogP contribution is 2.15. The van der Waals surface area contributed by atoms with Crippen molar-refractivity contribution in [2.45, 2.75) is 6.92 Å². The molecule has 0 fully saturated rings. The van der Waals surface area contributed by atoms with E-state index in [9.17, 15) is 9.59 Å². The van der Waals surface area contributed by atoms with Gasteiger partial charge in [0, 0.05) is 24.5 Å². The molecule has 0 aliphatic carbocycles. The van der Waals surface area contributed by atoms with E-state index in [1.54, 1.807) is 49.6 Å². The second-order valence-corrected chi connectivity index (χ2v) is 4.24. The van der Waals surface area contributed by atoms with Crippen LogP contribution in [0.25, 0.3) is 0 Å². The van der Waals surface area contributed by atoms with E-state index in [2.05, 4.69) is 15.6 Å². The summed E-state index contributed by atoms with van der Waals surface area (Å²) in [6, 6.07) is 10.2. The summed E-state index contributed by atoms with van der Waals surface area (Å²) in [4.78, 5) is 27.6. The molecular formula is C15H15N3O2. The first-order valence-corrected chi connectivity index (χ1v) is 6.17. The highest BCUT2D eigenvalue weighted by Gasteiger charge is 2.11. The van der Waals surface area contributed by atoms with Crippen LogP contribution in [0.1, 0.15) is 27.6 Å². The number of rotatable bonds is 4. The number of nitrogens with zero attached hydrogens (tertiary/aromatic N) is 1. The van der Waals surface area contributed by atoms with E-state index < -0.39 is 0 Å². The molecule has 1 aromatic carbocycles. The summed E-state index contributed by atoms with van der Waals surface area (Å²) in [5.41, 5.74) is 1.58. The number of nitrogens with one attached hydrogen (secondary N) is 2. The summed E-state index contributed by atoms with van der Waals surface area (Å²) in [7, 11) is 1.70. The summed E-state index contributed by atoms with van der Waals surface area (Å²) in [6.45, 7) is 1.49. The van der Waals surface area contributed by atoms with Gasteiger partial charge in [-0.2, -0.15) is 0 Å². The van der Waals surface area contributed by atoms with E-state index >= 15 is 0 Å². The molecule has 1 amide bonds. The molecule has 0 saturated carbocycles. The summed E-state index contributed by atoms with van der Waals surface area (Å²) >= 11 is 0. The molecule has 0 unspecified atom stereocenters. The minimum atomic E-state index is -0.275. The molecule has 0 saturated heterocycles. The van der Waals surface area contributed by atoms with Crippen molar-refractivity contribution in [1.29, 1.82) is 0 Å². The Bertz CT molecular complexity index is 653. The van der Waals surface area contributed by atoms with Gasteiger partial charge in [0.05, 0.1) is 5.56 Å². The monoisotopic (exact) mass is 269 g/mol. The van der Waals surface area contributed by atoms with E-state index in [0.29, 0.717) is 22.6 Å². The predicted octanol–water partition coefficient (Wildman–Crippen LogP) is 2.58. The summed E-state index contributed by atoms with van der Waals surface area (Å²) in [5, 5.41) is 5.62. The van der Waals surface area contributed by atoms with Crippen LogP contribution in [0.2, 0.25) is 0 Å². The summed E-state index contributed by atoms with van der Waals surface area (Å²) in [5.74, 6) is 0.189. The van der Waals surface area contributed by atoms with Crippen molar-refractivity contribution in [2.75, 3.05) is 17.7 Å². The zero-order valence-corrected chi connectivity index (χ0v) is 11.3. The number of pyridine rings is 1. The molecule has 2 aromatic rings. The van der Waals surface area contributed by atoms with Gasteiger partial charge >= 0.3 is 0 Å². The second kappa shape index (κ2) is 5.97. The number of carbonyl (C=O) groups is 2. The van der Waals surface area contributed by atoms with Crippen LogP contribution in [0.5, 0.6) is 0 Å². The lowest BCUT2D eigenvalue weighted by atomic mass is 10.1. The lowest BCUT2D eigenvalue weighted by molar-refractivity contribution is 0.101. The fraction of sp³-hybridized carbons (Fsp3) is 0.133. The fourth-order valence-corrected chi connectivity index (χ4v) is 1.80. The van der Waals surface area contributed by atoms with Crippen molar-refractivity contribution in [1.82, 2.24) is 4.98 Å². The van der Waals surface area contributed by atoms with Gasteiger partial charge in [0.2, 0.25) is 0 Å². The summed E-state index contributed by atoms with van der Waals surface area (Å²) in [6.07, 6.45) is 1.61. The Morgan fingerprint density at radius 1 is 1.15 bits per heavy atom. The number of Topliss-reactive ketones (excluding diaryl/α,β-unsaturated/α-hetero) is 1. The largest absolute Gasteiger partial charge is 0.372 e. The predicted molar refractivity (Wildman–Crippen MR) is 78.2 cm³/mol. The van der Waals surface area contributed by atoms with Gasteiger partial charge in [0.15, 0.2) is 5.78 Å². The maximum Gasteiger partial charge on any atom is 0.259 e. The van der Waals surface area contributed by atoms with Crippen LogP contribution in [-0.4, -0.2) is 23.7 Å². The zero-order valence-electron chi connectivity index (χ0n) is 11.3. The van der Waals surface area contributed by atoms with Gasteiger partial charge in [-0.15, -0.1) is 0 Å². The van der Waals surface area contributed by atoms with E-state index in [1.807, 2.05) is 0 Å². The topological polar surface area (TPSA) is 71.1 Å². The third kappa shape index (κ3) is 3.00. The number of hydrogen-bond acceptors (Lipinski definition) is 4. The molecule has 0 aliphatic heterocycles. The van der Waals surface area contributed by atoms with Crippen molar-refractivity contribution in [3.63, 3.8) is 0 Å². The van der Waals surface area contributed by atoms with Gasteiger partial charge in [-0.25, -0.2) is 4.98 Å². The molecule has 0 atom stereocenters. The number of aromatic nitrogens is 1. The Balaban J connectivity index is 2.23. The molecule has 0 bridgehead atoms. The van der Waals surface area contributed by atoms with Gasteiger partial charge in [-0.05, 0) is 31.2 Å². The maximum atomic E-state index is 12.2. The summed E-state index contributed by atoms with van der Waals surface area (Å²) < 4.78 is 0. The first-order valence-electron chi connectivity index (χ1n) is 6.17. The van der Waals surface area contributed by atoms with E-state index in [1.165, 1.54) is 6.92 Å². The minimum absolute atomic E-state index is 0.0432. The molecule has 5 nitrogen and oxygen atoms in total.